The summed E-state index contributed by atoms with van der Waals surface area (Å²) in [5, 5.41) is 4.54. The van der Waals surface area contributed by atoms with Crippen LogP contribution in [0.5, 0.6) is 0 Å². The number of nitrogens with one attached hydrogen (secondary N) is 2. The van der Waals surface area contributed by atoms with Crippen LogP contribution in [-0.2, 0) is 4.79 Å². The number of halogens is 1. The Hall–Kier alpha value is -3.90. The van der Waals surface area contributed by atoms with Crippen molar-refractivity contribution in [3.8, 4) is 0 Å². The monoisotopic (exact) mass is 457 g/mol. The fraction of sp³-hybridized carbons (Fsp3) is 0.115. The molecular weight excluding hydrogens is 438 g/mol. The summed E-state index contributed by atoms with van der Waals surface area (Å²) in [6.45, 7) is -0.0803. The van der Waals surface area contributed by atoms with Crippen molar-refractivity contribution in [1.82, 2.24) is 15.2 Å². The van der Waals surface area contributed by atoms with E-state index >= 15 is 0 Å². The molecule has 0 radical (unpaired) electrons. The normalized spacial score (nSPS) is 13.9. The molecule has 6 nitrogen and oxygen atoms in total. The summed E-state index contributed by atoms with van der Waals surface area (Å²) in [4.78, 5) is 42.2. The van der Waals surface area contributed by atoms with Crippen molar-refractivity contribution in [1.29, 1.82) is 0 Å². The molecule has 3 amide bonds. The Labute approximate surface area is 195 Å². The van der Waals surface area contributed by atoms with Crippen LogP contribution < -0.4 is 5.32 Å². The van der Waals surface area contributed by atoms with Gasteiger partial charge in [0, 0.05) is 34.6 Å². The maximum Gasteiger partial charge on any atom is 0.262 e. The first-order valence-electron chi connectivity index (χ1n) is 10.6. The van der Waals surface area contributed by atoms with Crippen LogP contribution in [0, 0.1) is 0 Å². The lowest BCUT2D eigenvalue weighted by Crippen LogP contribution is -2.41. The molecule has 0 saturated heterocycles. The number of nitrogens with zero attached hydrogens (tertiary/aromatic N) is 1. The number of benzene rings is 3. The van der Waals surface area contributed by atoms with Crippen LogP contribution in [0.4, 0.5) is 0 Å². The number of hydrogen-bond acceptors (Lipinski definition) is 3. The molecule has 1 aliphatic rings. The molecule has 2 heterocycles. The molecule has 0 aliphatic carbocycles. The highest BCUT2D eigenvalue weighted by Gasteiger charge is 2.36. The second-order valence-corrected chi connectivity index (χ2v) is 8.32. The van der Waals surface area contributed by atoms with Gasteiger partial charge in [-0.05, 0) is 35.4 Å². The minimum atomic E-state index is -0.454. The van der Waals surface area contributed by atoms with Crippen molar-refractivity contribution in [2.45, 2.75) is 5.92 Å². The summed E-state index contributed by atoms with van der Waals surface area (Å²) in [6, 6.07) is 22.0. The first kappa shape index (κ1) is 21.0. The smallest absolute Gasteiger partial charge is 0.262 e. The first-order chi connectivity index (χ1) is 16.0. The highest BCUT2D eigenvalue weighted by Crippen LogP contribution is 2.34. The number of fused-ring (bicyclic) bond motifs is 2. The van der Waals surface area contributed by atoms with Crippen LogP contribution >= 0.6 is 11.6 Å². The number of hydrogen-bond donors (Lipinski definition) is 2. The number of H-pyrrole nitrogens is 1. The topological polar surface area (TPSA) is 82.3 Å². The Morgan fingerprint density at radius 3 is 2.24 bits per heavy atom. The number of carbonyl (C=O) groups is 3. The molecule has 2 N–H and O–H groups in total. The minimum Gasteiger partial charge on any atom is -0.361 e. The lowest BCUT2D eigenvalue weighted by Gasteiger charge is -2.20. The fourth-order valence-electron chi connectivity index (χ4n) is 4.33. The zero-order chi connectivity index (χ0) is 22.9. The molecule has 164 valence electrons. The third kappa shape index (κ3) is 3.79. The lowest BCUT2D eigenvalue weighted by atomic mass is 9.90. The van der Waals surface area contributed by atoms with E-state index in [1.807, 2.05) is 54.7 Å². The van der Waals surface area contributed by atoms with Crippen molar-refractivity contribution in [3.63, 3.8) is 0 Å². The lowest BCUT2D eigenvalue weighted by molar-refractivity contribution is -0.121. The predicted molar refractivity (Wildman–Crippen MR) is 126 cm³/mol. The van der Waals surface area contributed by atoms with Crippen LogP contribution in [0.2, 0.25) is 5.02 Å². The zero-order valence-corrected chi connectivity index (χ0v) is 18.3. The van der Waals surface area contributed by atoms with Crippen molar-refractivity contribution in [2.75, 3.05) is 13.1 Å². The summed E-state index contributed by atoms with van der Waals surface area (Å²) in [5.41, 5.74) is 3.51. The summed E-state index contributed by atoms with van der Waals surface area (Å²) in [6.07, 6.45) is 1.93. The number of aromatic amines is 1. The van der Waals surface area contributed by atoms with Crippen LogP contribution in [-0.4, -0.2) is 40.7 Å². The molecule has 0 bridgehead atoms. The van der Waals surface area contributed by atoms with Gasteiger partial charge in [-0.2, -0.15) is 0 Å². The Morgan fingerprint density at radius 2 is 1.52 bits per heavy atom. The van der Waals surface area contributed by atoms with Gasteiger partial charge in [-0.15, -0.1) is 0 Å². The van der Waals surface area contributed by atoms with Crippen molar-refractivity contribution in [3.05, 3.63) is 106 Å². The summed E-state index contributed by atoms with van der Waals surface area (Å²) in [7, 11) is 0. The SMILES string of the molecule is O=C(CN1C(=O)c2ccccc2C1=O)NC[C@H](c1ccccc1Cl)c1c[nH]c2ccccc12. The van der Waals surface area contributed by atoms with E-state index in [1.54, 1.807) is 24.3 Å². The van der Waals surface area contributed by atoms with E-state index in [0.717, 1.165) is 26.9 Å². The molecule has 1 aliphatic heterocycles. The van der Waals surface area contributed by atoms with Gasteiger partial charge < -0.3 is 10.3 Å². The van der Waals surface area contributed by atoms with E-state index in [1.165, 1.54) is 0 Å². The van der Waals surface area contributed by atoms with Crippen LogP contribution in [0.1, 0.15) is 37.8 Å². The molecule has 7 heteroatoms. The molecule has 0 fully saturated rings. The van der Waals surface area contributed by atoms with Gasteiger partial charge in [0.05, 0.1) is 11.1 Å². The van der Waals surface area contributed by atoms with E-state index in [2.05, 4.69) is 10.3 Å². The Morgan fingerprint density at radius 1 is 0.879 bits per heavy atom. The Balaban J connectivity index is 1.37. The molecule has 5 rings (SSSR count). The van der Waals surface area contributed by atoms with Gasteiger partial charge in [0.15, 0.2) is 0 Å². The number of carbonyl (C=O) groups excluding carboxylic acids is 3. The van der Waals surface area contributed by atoms with Gasteiger partial charge in [-0.1, -0.05) is 60.1 Å². The van der Waals surface area contributed by atoms with Gasteiger partial charge in [0.2, 0.25) is 5.91 Å². The van der Waals surface area contributed by atoms with Crippen molar-refractivity contribution >= 4 is 40.2 Å². The maximum absolute atomic E-state index is 12.8. The average molecular weight is 458 g/mol. The molecule has 3 aromatic carbocycles. The Kier molecular flexibility index (Phi) is 5.44. The molecule has 0 unspecified atom stereocenters. The van der Waals surface area contributed by atoms with Crippen molar-refractivity contribution < 1.29 is 14.4 Å². The number of rotatable bonds is 6. The van der Waals surface area contributed by atoms with E-state index in [9.17, 15) is 14.4 Å². The molecule has 4 aromatic rings. The van der Waals surface area contributed by atoms with E-state index in [0.29, 0.717) is 16.1 Å². The van der Waals surface area contributed by atoms with Crippen molar-refractivity contribution in [2.24, 2.45) is 0 Å². The summed E-state index contributed by atoms with van der Waals surface area (Å²) in [5.74, 6) is -1.54. The number of amides is 3. The summed E-state index contributed by atoms with van der Waals surface area (Å²) < 4.78 is 0. The molecule has 0 saturated carbocycles. The van der Waals surface area contributed by atoms with Gasteiger partial charge in [0.25, 0.3) is 11.8 Å². The van der Waals surface area contributed by atoms with E-state index in [4.69, 9.17) is 11.6 Å². The largest absolute Gasteiger partial charge is 0.361 e. The molecule has 1 atom stereocenters. The average Bonchev–Trinajstić information content (AvgIpc) is 3.36. The number of imide groups is 1. The van der Waals surface area contributed by atoms with Gasteiger partial charge >= 0.3 is 0 Å². The van der Waals surface area contributed by atoms with Gasteiger partial charge in [-0.25, -0.2) is 0 Å². The fourth-order valence-corrected chi connectivity index (χ4v) is 4.59. The summed E-state index contributed by atoms with van der Waals surface area (Å²) >= 11 is 6.51. The van der Waals surface area contributed by atoms with Crippen LogP contribution in [0.3, 0.4) is 0 Å². The van der Waals surface area contributed by atoms with Crippen LogP contribution in [0.15, 0.2) is 79.0 Å². The quantitative estimate of drug-likeness (QED) is 0.422. The molecular formula is C26H20ClN3O3. The van der Waals surface area contributed by atoms with E-state index < -0.39 is 17.7 Å². The van der Waals surface area contributed by atoms with Gasteiger partial charge in [-0.3, -0.25) is 19.3 Å². The Bertz CT molecular complexity index is 1360. The minimum absolute atomic E-state index is 0.221. The maximum atomic E-state index is 12.8. The number of para-hydroxylation sites is 1. The second kappa shape index (κ2) is 8.56. The predicted octanol–water partition coefficient (Wildman–Crippen LogP) is 4.37. The zero-order valence-electron chi connectivity index (χ0n) is 17.5. The third-order valence-electron chi connectivity index (χ3n) is 5.96. The highest BCUT2D eigenvalue weighted by atomic mass is 35.5. The van der Waals surface area contributed by atoms with E-state index in [-0.39, 0.29) is 19.0 Å². The molecule has 0 spiro atoms. The highest BCUT2D eigenvalue weighted by molar-refractivity contribution is 6.31. The van der Waals surface area contributed by atoms with Gasteiger partial charge in [0.1, 0.15) is 6.54 Å². The molecule has 33 heavy (non-hydrogen) atoms. The first-order valence-corrected chi connectivity index (χ1v) is 10.9. The third-order valence-corrected chi connectivity index (χ3v) is 6.30. The number of aromatic nitrogens is 1. The second-order valence-electron chi connectivity index (χ2n) is 7.91. The molecule has 1 aromatic heterocycles. The van der Waals surface area contributed by atoms with Crippen LogP contribution in [0.25, 0.3) is 10.9 Å². The standard InChI is InChI=1S/C26H20ClN3O3/c27-22-11-5-3-7-16(22)20(21-13-28-23-12-6-4-8-17(21)23)14-29-24(31)15-30-25(32)18-9-1-2-10-19(18)26(30)33/h1-13,20,28H,14-15H2,(H,29,31)/t20-/m1/s1.